The zero-order chi connectivity index (χ0) is 11.4. The van der Waals surface area contributed by atoms with Crippen molar-refractivity contribution in [1.29, 1.82) is 5.26 Å². The molecular formula is C13H22N2Sn. The summed E-state index contributed by atoms with van der Waals surface area (Å²) in [4.78, 5) is 4.92. The van der Waals surface area contributed by atoms with Crippen LogP contribution in [0.4, 0.5) is 0 Å². The first-order valence-corrected chi connectivity index (χ1v) is 10.9. The van der Waals surface area contributed by atoms with E-state index in [1.165, 1.54) is 51.6 Å². The normalized spacial score (nSPS) is 32.8. The van der Waals surface area contributed by atoms with Crippen molar-refractivity contribution < 1.29 is 0 Å². The molecule has 1 atom stereocenters. The molecule has 0 spiro atoms. The molecule has 2 radical (unpaired) electrons. The molecule has 1 aliphatic heterocycles. The Bertz CT molecular complexity index is 268. The SMILES string of the molecule is [CH3][Sn][C]1(C#N)CCN(CC2CCCCC2)C1. The molecule has 1 aliphatic carbocycles. The summed E-state index contributed by atoms with van der Waals surface area (Å²) < 4.78 is 0.151. The molecule has 88 valence electrons. The second-order valence-corrected chi connectivity index (χ2v) is 9.59. The summed E-state index contributed by atoms with van der Waals surface area (Å²) >= 11 is -0.459. The van der Waals surface area contributed by atoms with Gasteiger partial charge in [-0.2, -0.15) is 0 Å². The maximum atomic E-state index is 9.31. The quantitative estimate of drug-likeness (QED) is 0.746. The van der Waals surface area contributed by atoms with Gasteiger partial charge in [0.2, 0.25) is 0 Å². The molecule has 0 aromatic rings. The fourth-order valence-corrected chi connectivity index (χ4v) is 5.57. The molecule has 3 heteroatoms. The average Bonchev–Trinajstić information content (AvgIpc) is 2.75. The molecule has 0 N–H and O–H groups in total. The summed E-state index contributed by atoms with van der Waals surface area (Å²) in [6, 6.07) is 2.63. The predicted octanol–water partition coefficient (Wildman–Crippen LogP) is 2.71. The standard InChI is InChI=1S/C12H19N2.CH3.Sn/c13-8-12-6-7-14(10-12)9-11-4-2-1-3-5-11;;/h11H,1-7,9-10H2;1H3;. The van der Waals surface area contributed by atoms with Gasteiger partial charge in [-0.1, -0.05) is 0 Å². The molecule has 2 aliphatic rings. The summed E-state index contributed by atoms with van der Waals surface area (Å²) in [6.45, 7) is 3.57. The van der Waals surface area contributed by atoms with Crippen LogP contribution in [0.1, 0.15) is 38.5 Å². The van der Waals surface area contributed by atoms with Gasteiger partial charge in [-0.05, 0) is 0 Å². The zero-order valence-electron chi connectivity index (χ0n) is 10.3. The maximum absolute atomic E-state index is 9.31. The number of rotatable bonds is 3. The van der Waals surface area contributed by atoms with Crippen molar-refractivity contribution in [3.05, 3.63) is 0 Å². The zero-order valence-corrected chi connectivity index (χ0v) is 13.2. The van der Waals surface area contributed by atoms with E-state index in [0.29, 0.717) is 0 Å². The van der Waals surface area contributed by atoms with Crippen LogP contribution in [0.5, 0.6) is 0 Å². The number of likely N-dealkylation sites (tertiary alicyclic amines) is 1. The molecule has 2 nitrogen and oxygen atoms in total. The molecule has 0 bridgehead atoms. The van der Waals surface area contributed by atoms with Crippen LogP contribution in [0.3, 0.4) is 0 Å². The van der Waals surface area contributed by atoms with E-state index in [2.05, 4.69) is 15.9 Å². The van der Waals surface area contributed by atoms with Crippen LogP contribution < -0.4 is 0 Å². The van der Waals surface area contributed by atoms with Crippen molar-refractivity contribution in [1.82, 2.24) is 4.90 Å². The Morgan fingerprint density at radius 3 is 2.69 bits per heavy atom. The Morgan fingerprint density at radius 2 is 2.12 bits per heavy atom. The third kappa shape index (κ3) is 2.92. The van der Waals surface area contributed by atoms with Crippen LogP contribution in [0.25, 0.3) is 0 Å². The van der Waals surface area contributed by atoms with E-state index in [1.807, 2.05) is 0 Å². The van der Waals surface area contributed by atoms with Gasteiger partial charge in [0.05, 0.1) is 0 Å². The molecule has 1 unspecified atom stereocenters. The molecule has 0 amide bonds. The molecule has 0 aromatic carbocycles. The Labute approximate surface area is 110 Å². The van der Waals surface area contributed by atoms with Crippen LogP contribution in [0.2, 0.25) is 8.37 Å². The Balaban J connectivity index is 1.82. The topological polar surface area (TPSA) is 27.0 Å². The van der Waals surface area contributed by atoms with Crippen LogP contribution >= 0.6 is 0 Å². The van der Waals surface area contributed by atoms with E-state index in [4.69, 9.17) is 0 Å². The molecule has 0 aromatic heterocycles. The van der Waals surface area contributed by atoms with E-state index in [-0.39, 0.29) is 3.43 Å². The Hall–Kier alpha value is 0.249. The van der Waals surface area contributed by atoms with Crippen molar-refractivity contribution in [3.63, 3.8) is 0 Å². The van der Waals surface area contributed by atoms with Gasteiger partial charge in [-0.3, -0.25) is 0 Å². The molecular weight excluding hydrogens is 303 g/mol. The fourth-order valence-electron chi connectivity index (χ4n) is 3.13. The van der Waals surface area contributed by atoms with Gasteiger partial charge >= 0.3 is 110 Å². The second kappa shape index (κ2) is 5.73. The molecule has 1 saturated heterocycles. The number of hydrogen-bond donors (Lipinski definition) is 0. The summed E-state index contributed by atoms with van der Waals surface area (Å²) in [5.74, 6) is 0.936. The summed E-state index contributed by atoms with van der Waals surface area (Å²) in [5.41, 5.74) is 0. The second-order valence-electron chi connectivity index (χ2n) is 5.43. The summed E-state index contributed by atoms with van der Waals surface area (Å²) in [6.07, 6.45) is 8.35. The first-order valence-electron chi connectivity index (χ1n) is 6.60. The van der Waals surface area contributed by atoms with E-state index in [9.17, 15) is 5.26 Å². The molecule has 1 saturated carbocycles. The van der Waals surface area contributed by atoms with Crippen LogP contribution in [0.15, 0.2) is 0 Å². The van der Waals surface area contributed by atoms with Gasteiger partial charge in [-0.25, -0.2) is 0 Å². The molecule has 16 heavy (non-hydrogen) atoms. The predicted molar refractivity (Wildman–Crippen MR) is 67.6 cm³/mol. The fraction of sp³-hybridized carbons (Fsp3) is 0.923. The number of hydrogen-bond acceptors (Lipinski definition) is 2. The van der Waals surface area contributed by atoms with Crippen LogP contribution in [-0.4, -0.2) is 45.7 Å². The molecule has 2 fully saturated rings. The van der Waals surface area contributed by atoms with Crippen molar-refractivity contribution in [2.75, 3.05) is 19.6 Å². The third-order valence-corrected chi connectivity index (χ3v) is 8.50. The minimum atomic E-state index is -0.459. The monoisotopic (exact) mass is 326 g/mol. The molecule has 1 heterocycles. The van der Waals surface area contributed by atoms with Gasteiger partial charge < -0.3 is 0 Å². The van der Waals surface area contributed by atoms with Gasteiger partial charge in [-0.15, -0.1) is 0 Å². The first-order chi connectivity index (χ1) is 7.78. The van der Waals surface area contributed by atoms with Gasteiger partial charge in [0.25, 0.3) is 0 Å². The average molecular weight is 325 g/mol. The van der Waals surface area contributed by atoms with E-state index in [0.717, 1.165) is 12.5 Å². The Kier molecular flexibility index (Phi) is 4.55. The van der Waals surface area contributed by atoms with Crippen LogP contribution in [0, 0.1) is 17.2 Å². The Morgan fingerprint density at radius 1 is 1.38 bits per heavy atom. The van der Waals surface area contributed by atoms with Crippen molar-refractivity contribution in [2.45, 2.75) is 46.9 Å². The van der Waals surface area contributed by atoms with E-state index >= 15 is 0 Å². The third-order valence-electron chi connectivity index (χ3n) is 4.28. The van der Waals surface area contributed by atoms with E-state index < -0.39 is 21.1 Å². The first kappa shape index (κ1) is 12.7. The summed E-state index contributed by atoms with van der Waals surface area (Å²) in [5, 5.41) is 9.31. The van der Waals surface area contributed by atoms with E-state index in [1.54, 1.807) is 0 Å². The van der Waals surface area contributed by atoms with Crippen molar-refractivity contribution in [3.8, 4) is 6.07 Å². The van der Waals surface area contributed by atoms with Crippen molar-refractivity contribution >= 4 is 21.1 Å². The van der Waals surface area contributed by atoms with Gasteiger partial charge in [0.1, 0.15) is 0 Å². The summed E-state index contributed by atoms with van der Waals surface area (Å²) in [7, 11) is 0. The van der Waals surface area contributed by atoms with Crippen LogP contribution in [-0.2, 0) is 0 Å². The molecule has 2 rings (SSSR count). The van der Waals surface area contributed by atoms with Gasteiger partial charge in [0, 0.05) is 0 Å². The van der Waals surface area contributed by atoms with Crippen molar-refractivity contribution in [2.24, 2.45) is 5.92 Å². The number of nitrogens with zero attached hydrogens (tertiary/aromatic N) is 2. The minimum absolute atomic E-state index is 0.151. The number of nitriles is 1. The van der Waals surface area contributed by atoms with Gasteiger partial charge in [0.15, 0.2) is 0 Å².